The molecular weight excluding hydrogens is 348 g/mol. The first-order valence-electron chi connectivity index (χ1n) is 9.43. The molecule has 1 aliphatic heterocycles. The molecule has 0 aromatic heterocycles. The number of hydrogen-bond acceptors (Lipinski definition) is 4. The molecule has 1 aliphatic rings. The van der Waals surface area contributed by atoms with Crippen molar-refractivity contribution >= 4 is 5.84 Å². The molecule has 0 saturated carbocycles. The van der Waals surface area contributed by atoms with Crippen LogP contribution in [0.3, 0.4) is 0 Å². The fourth-order valence-corrected chi connectivity index (χ4v) is 3.75. The summed E-state index contributed by atoms with van der Waals surface area (Å²) < 4.78 is 11.0. The third-order valence-electron chi connectivity index (χ3n) is 5.07. The van der Waals surface area contributed by atoms with Gasteiger partial charge in [0.2, 0.25) is 0 Å². The van der Waals surface area contributed by atoms with Crippen LogP contribution in [-0.2, 0) is 6.42 Å². The maximum absolute atomic E-state index is 5.59. The van der Waals surface area contributed by atoms with E-state index < -0.39 is 0 Å². The van der Waals surface area contributed by atoms with Gasteiger partial charge < -0.3 is 14.8 Å². The van der Waals surface area contributed by atoms with Crippen molar-refractivity contribution < 1.29 is 9.47 Å². The minimum Gasteiger partial charge on any atom is -0.493 e. The number of nitrogens with one attached hydrogen (secondary N) is 1. The topological polar surface area (TPSA) is 42.8 Å². The van der Waals surface area contributed by atoms with Gasteiger partial charge in [0.15, 0.2) is 11.5 Å². The van der Waals surface area contributed by atoms with Crippen molar-refractivity contribution in [2.45, 2.75) is 18.5 Å². The minimum absolute atomic E-state index is 0.0372. The quantitative estimate of drug-likeness (QED) is 0.680. The van der Waals surface area contributed by atoms with E-state index in [4.69, 9.17) is 14.5 Å². The molecule has 0 radical (unpaired) electrons. The predicted octanol–water partition coefficient (Wildman–Crippen LogP) is 4.73. The van der Waals surface area contributed by atoms with Crippen molar-refractivity contribution in [1.29, 1.82) is 0 Å². The Morgan fingerprint density at radius 1 is 0.786 bits per heavy atom. The van der Waals surface area contributed by atoms with Gasteiger partial charge in [-0.15, -0.1) is 0 Å². The van der Waals surface area contributed by atoms with Gasteiger partial charge >= 0.3 is 0 Å². The zero-order chi connectivity index (χ0) is 19.3. The lowest BCUT2D eigenvalue weighted by molar-refractivity contribution is 0.352. The van der Waals surface area contributed by atoms with E-state index in [0.717, 1.165) is 22.9 Å². The first-order valence-corrected chi connectivity index (χ1v) is 9.43. The predicted molar refractivity (Wildman–Crippen MR) is 112 cm³/mol. The highest BCUT2D eigenvalue weighted by atomic mass is 16.5. The maximum Gasteiger partial charge on any atom is 0.164 e. The standard InChI is InChI=1S/C24H24N2O2/c1-27-20-15-9-14-19(24(20)28-2)16-21-25-22(17-10-5-3-6-11-17)23(26-21)18-12-7-4-8-13-18/h3-15,22-23H,16H2,1-2H3,(H,25,26)/t22-,23+. The normalized spacial score (nSPS) is 18.3. The van der Waals surface area contributed by atoms with E-state index in [2.05, 4.69) is 59.9 Å². The molecule has 28 heavy (non-hydrogen) atoms. The van der Waals surface area contributed by atoms with Crippen LogP contribution in [0.5, 0.6) is 11.5 Å². The second kappa shape index (κ2) is 8.17. The molecule has 2 atom stereocenters. The Morgan fingerprint density at radius 3 is 2.11 bits per heavy atom. The Bertz CT molecular complexity index is 955. The summed E-state index contributed by atoms with van der Waals surface area (Å²) in [7, 11) is 3.33. The summed E-state index contributed by atoms with van der Waals surface area (Å²) >= 11 is 0. The number of methoxy groups -OCH3 is 2. The monoisotopic (exact) mass is 372 g/mol. The fraction of sp³-hybridized carbons (Fsp3) is 0.208. The fourth-order valence-electron chi connectivity index (χ4n) is 3.75. The van der Waals surface area contributed by atoms with E-state index in [1.807, 2.05) is 24.3 Å². The number of para-hydroxylation sites is 1. The highest BCUT2D eigenvalue weighted by Gasteiger charge is 2.31. The van der Waals surface area contributed by atoms with E-state index in [9.17, 15) is 0 Å². The molecule has 0 aliphatic carbocycles. The van der Waals surface area contributed by atoms with Crippen molar-refractivity contribution in [3.05, 3.63) is 95.6 Å². The zero-order valence-electron chi connectivity index (χ0n) is 16.1. The summed E-state index contributed by atoms with van der Waals surface area (Å²) in [5.41, 5.74) is 3.48. The average Bonchev–Trinajstić information content (AvgIpc) is 3.18. The van der Waals surface area contributed by atoms with E-state index in [1.54, 1.807) is 14.2 Å². The molecule has 0 amide bonds. The van der Waals surface area contributed by atoms with Crippen LogP contribution >= 0.6 is 0 Å². The SMILES string of the molecule is COc1cccc(CC2=N[C@H](c3ccccc3)[C@H](c3ccccc3)N2)c1OC. The van der Waals surface area contributed by atoms with Crippen molar-refractivity contribution in [2.75, 3.05) is 14.2 Å². The number of ether oxygens (including phenoxy) is 2. The summed E-state index contributed by atoms with van der Waals surface area (Å²) in [4.78, 5) is 5.05. The lowest BCUT2D eigenvalue weighted by Crippen LogP contribution is -2.25. The van der Waals surface area contributed by atoms with E-state index in [1.165, 1.54) is 11.1 Å². The van der Waals surface area contributed by atoms with Gasteiger partial charge in [-0.05, 0) is 17.2 Å². The molecule has 4 rings (SSSR count). The molecular formula is C24H24N2O2. The van der Waals surface area contributed by atoms with E-state index >= 15 is 0 Å². The number of rotatable bonds is 6. The summed E-state index contributed by atoms with van der Waals surface area (Å²) in [6.07, 6.45) is 0.660. The minimum atomic E-state index is 0.0372. The van der Waals surface area contributed by atoms with Crippen LogP contribution in [0, 0.1) is 0 Å². The van der Waals surface area contributed by atoms with E-state index in [0.29, 0.717) is 6.42 Å². The number of amidine groups is 1. The van der Waals surface area contributed by atoms with Crippen molar-refractivity contribution in [3.63, 3.8) is 0 Å². The zero-order valence-corrected chi connectivity index (χ0v) is 16.1. The average molecular weight is 372 g/mol. The molecule has 1 N–H and O–H groups in total. The lowest BCUT2D eigenvalue weighted by Gasteiger charge is -2.20. The number of nitrogens with zero attached hydrogens (tertiary/aromatic N) is 1. The van der Waals surface area contributed by atoms with Gasteiger partial charge in [0.05, 0.1) is 20.3 Å². The highest BCUT2D eigenvalue weighted by Crippen LogP contribution is 2.37. The Balaban J connectivity index is 1.67. The largest absolute Gasteiger partial charge is 0.493 e. The Kier molecular flexibility index (Phi) is 5.29. The van der Waals surface area contributed by atoms with Crippen LogP contribution in [0.15, 0.2) is 83.9 Å². The Hall–Kier alpha value is -3.27. The molecule has 142 valence electrons. The second-order valence-electron chi connectivity index (χ2n) is 6.79. The summed E-state index contributed by atoms with van der Waals surface area (Å²) in [6.45, 7) is 0. The van der Waals surface area contributed by atoms with Gasteiger partial charge in [-0.3, -0.25) is 4.99 Å². The van der Waals surface area contributed by atoms with Crippen molar-refractivity contribution in [2.24, 2.45) is 4.99 Å². The van der Waals surface area contributed by atoms with Crippen LogP contribution in [0.4, 0.5) is 0 Å². The highest BCUT2D eigenvalue weighted by molar-refractivity contribution is 5.87. The molecule has 0 spiro atoms. The first kappa shape index (κ1) is 18.1. The van der Waals surface area contributed by atoms with Gasteiger partial charge in [-0.1, -0.05) is 72.8 Å². The van der Waals surface area contributed by atoms with Crippen molar-refractivity contribution in [1.82, 2.24) is 5.32 Å². The molecule has 3 aromatic carbocycles. The Morgan fingerprint density at radius 2 is 1.46 bits per heavy atom. The van der Waals surface area contributed by atoms with E-state index in [-0.39, 0.29) is 12.1 Å². The van der Waals surface area contributed by atoms with Crippen LogP contribution in [0.2, 0.25) is 0 Å². The van der Waals surface area contributed by atoms with Crippen LogP contribution in [0.1, 0.15) is 28.8 Å². The summed E-state index contributed by atoms with van der Waals surface area (Å²) in [6, 6.07) is 27.0. The molecule has 0 bridgehead atoms. The number of benzene rings is 3. The molecule has 1 heterocycles. The molecule has 3 aromatic rings. The van der Waals surface area contributed by atoms with Crippen molar-refractivity contribution in [3.8, 4) is 11.5 Å². The first-order chi connectivity index (χ1) is 13.8. The van der Waals surface area contributed by atoms with Gasteiger partial charge in [-0.25, -0.2) is 0 Å². The van der Waals surface area contributed by atoms with Gasteiger partial charge in [0.25, 0.3) is 0 Å². The third kappa shape index (κ3) is 3.58. The molecule has 0 saturated heterocycles. The van der Waals surface area contributed by atoms with Crippen LogP contribution in [0.25, 0.3) is 0 Å². The molecule has 0 fully saturated rings. The smallest absolute Gasteiger partial charge is 0.164 e. The third-order valence-corrected chi connectivity index (χ3v) is 5.07. The molecule has 4 heteroatoms. The summed E-state index contributed by atoms with van der Waals surface area (Å²) in [5, 5.41) is 3.65. The van der Waals surface area contributed by atoms with Gasteiger partial charge in [0.1, 0.15) is 11.9 Å². The second-order valence-corrected chi connectivity index (χ2v) is 6.79. The maximum atomic E-state index is 5.59. The molecule has 0 unspecified atom stereocenters. The number of aliphatic imine (C=N–C) groups is 1. The van der Waals surface area contributed by atoms with Gasteiger partial charge in [0, 0.05) is 12.0 Å². The number of hydrogen-bond donors (Lipinski definition) is 1. The van der Waals surface area contributed by atoms with Crippen LogP contribution in [-0.4, -0.2) is 20.1 Å². The molecule has 4 nitrogen and oxygen atoms in total. The lowest BCUT2D eigenvalue weighted by atomic mass is 9.95. The van der Waals surface area contributed by atoms with Crippen LogP contribution < -0.4 is 14.8 Å². The summed E-state index contributed by atoms with van der Waals surface area (Å²) in [5.74, 6) is 2.45. The Labute approximate surface area is 165 Å². The van der Waals surface area contributed by atoms with Gasteiger partial charge in [-0.2, -0.15) is 0 Å².